The van der Waals surface area contributed by atoms with Gasteiger partial charge in [0, 0.05) is 15.1 Å². The molecular formula is C29H20BrCl2N3O4. The third-order valence-corrected chi connectivity index (χ3v) is 6.47. The second kappa shape index (κ2) is 12.7. The Morgan fingerprint density at radius 2 is 1.62 bits per heavy atom. The summed E-state index contributed by atoms with van der Waals surface area (Å²) in [5.41, 5.74) is 4.95. The summed E-state index contributed by atoms with van der Waals surface area (Å²) >= 11 is 15.4. The highest BCUT2D eigenvalue weighted by Gasteiger charge is 2.16. The van der Waals surface area contributed by atoms with Gasteiger partial charge in [-0.05, 0) is 67.6 Å². The number of nitrogens with one attached hydrogen (secondary N) is 2. The molecule has 0 aliphatic carbocycles. The van der Waals surface area contributed by atoms with E-state index in [1.807, 2.05) is 19.1 Å². The molecule has 0 aliphatic rings. The van der Waals surface area contributed by atoms with Gasteiger partial charge in [0.25, 0.3) is 11.8 Å². The molecule has 4 rings (SSSR count). The molecule has 0 heterocycles. The molecule has 196 valence electrons. The number of carbonyl (C=O) groups excluding carboxylic acids is 3. The molecule has 39 heavy (non-hydrogen) atoms. The molecule has 0 saturated carbocycles. The average molecular weight is 625 g/mol. The maximum atomic E-state index is 12.9. The fourth-order valence-electron chi connectivity index (χ4n) is 3.44. The number of esters is 1. The highest BCUT2D eigenvalue weighted by atomic mass is 79.9. The van der Waals surface area contributed by atoms with Crippen LogP contribution in [0, 0.1) is 6.92 Å². The molecule has 10 heteroatoms. The molecule has 0 bridgehead atoms. The summed E-state index contributed by atoms with van der Waals surface area (Å²) in [6.07, 6.45) is 1.36. The molecule has 7 nitrogen and oxygen atoms in total. The van der Waals surface area contributed by atoms with E-state index in [4.69, 9.17) is 27.9 Å². The van der Waals surface area contributed by atoms with E-state index >= 15 is 0 Å². The van der Waals surface area contributed by atoms with E-state index in [2.05, 4.69) is 31.8 Å². The van der Waals surface area contributed by atoms with Gasteiger partial charge in [0.2, 0.25) is 0 Å². The van der Waals surface area contributed by atoms with E-state index in [0.29, 0.717) is 16.1 Å². The topological polar surface area (TPSA) is 96.9 Å². The molecule has 0 radical (unpaired) electrons. The number of benzene rings is 4. The Morgan fingerprint density at radius 1 is 0.872 bits per heavy atom. The summed E-state index contributed by atoms with van der Waals surface area (Å²) in [6, 6.07) is 23.0. The first kappa shape index (κ1) is 28.0. The number of para-hydroxylation sites is 1. The van der Waals surface area contributed by atoms with Crippen molar-refractivity contribution in [1.29, 1.82) is 0 Å². The summed E-state index contributed by atoms with van der Waals surface area (Å²) in [5.74, 6) is -1.34. The lowest BCUT2D eigenvalue weighted by atomic mass is 10.1. The molecule has 4 aromatic carbocycles. The number of hydrogen-bond donors (Lipinski definition) is 2. The van der Waals surface area contributed by atoms with Gasteiger partial charge in [-0.2, -0.15) is 5.10 Å². The highest BCUT2D eigenvalue weighted by Crippen LogP contribution is 2.24. The Hall–Kier alpha value is -3.98. The normalized spacial score (nSPS) is 10.8. The molecule has 4 aromatic rings. The number of halogens is 3. The first-order valence-electron chi connectivity index (χ1n) is 11.5. The fraction of sp³-hybridized carbons (Fsp3) is 0.0345. The number of aryl methyl sites for hydroxylation is 1. The van der Waals surface area contributed by atoms with Gasteiger partial charge in [0.1, 0.15) is 5.75 Å². The van der Waals surface area contributed by atoms with E-state index in [1.54, 1.807) is 54.6 Å². The van der Waals surface area contributed by atoms with Crippen LogP contribution in [0.25, 0.3) is 0 Å². The number of nitrogens with zero attached hydrogens (tertiary/aromatic N) is 1. The minimum Gasteiger partial charge on any atom is -0.422 e. The van der Waals surface area contributed by atoms with E-state index in [0.717, 1.165) is 10.0 Å². The largest absolute Gasteiger partial charge is 0.422 e. The van der Waals surface area contributed by atoms with Crippen LogP contribution in [0.1, 0.15) is 42.2 Å². The van der Waals surface area contributed by atoms with E-state index in [9.17, 15) is 14.4 Å². The molecule has 2 amide bonds. The quantitative estimate of drug-likeness (QED) is 0.0976. The van der Waals surface area contributed by atoms with Crippen molar-refractivity contribution >= 4 is 68.8 Å². The summed E-state index contributed by atoms with van der Waals surface area (Å²) in [5, 5.41) is 7.29. The summed E-state index contributed by atoms with van der Waals surface area (Å²) in [4.78, 5) is 38.3. The van der Waals surface area contributed by atoms with Crippen molar-refractivity contribution < 1.29 is 19.1 Å². The molecule has 0 unspecified atom stereocenters. The van der Waals surface area contributed by atoms with Crippen molar-refractivity contribution in [2.24, 2.45) is 5.10 Å². The number of hydrogen-bond acceptors (Lipinski definition) is 5. The lowest BCUT2D eigenvalue weighted by Crippen LogP contribution is -2.21. The molecule has 0 spiro atoms. The third kappa shape index (κ3) is 7.32. The number of carbonyl (C=O) groups is 3. The van der Waals surface area contributed by atoms with Gasteiger partial charge in [-0.25, -0.2) is 10.2 Å². The Morgan fingerprint density at radius 3 is 2.36 bits per heavy atom. The number of amides is 2. The van der Waals surface area contributed by atoms with Crippen molar-refractivity contribution in [2.75, 3.05) is 5.32 Å². The van der Waals surface area contributed by atoms with Crippen LogP contribution < -0.4 is 15.5 Å². The Bertz CT molecular complexity index is 1590. The lowest BCUT2D eigenvalue weighted by Gasteiger charge is -2.11. The number of hydrazone groups is 1. The summed E-state index contributed by atoms with van der Waals surface area (Å²) in [6.45, 7) is 1.92. The van der Waals surface area contributed by atoms with Crippen molar-refractivity contribution in [3.05, 3.63) is 127 Å². The van der Waals surface area contributed by atoms with Crippen molar-refractivity contribution in [3.63, 3.8) is 0 Å². The van der Waals surface area contributed by atoms with E-state index < -0.39 is 17.8 Å². The van der Waals surface area contributed by atoms with Gasteiger partial charge in [-0.3, -0.25) is 9.59 Å². The zero-order chi connectivity index (χ0) is 27.9. The monoisotopic (exact) mass is 623 g/mol. The maximum Gasteiger partial charge on any atom is 0.343 e. The summed E-state index contributed by atoms with van der Waals surface area (Å²) < 4.78 is 6.28. The second-order valence-electron chi connectivity index (χ2n) is 8.26. The van der Waals surface area contributed by atoms with Crippen molar-refractivity contribution in [3.8, 4) is 5.75 Å². The lowest BCUT2D eigenvalue weighted by molar-refractivity contribution is 0.0733. The van der Waals surface area contributed by atoms with Crippen LogP contribution in [0.2, 0.25) is 10.0 Å². The molecule has 0 aliphatic heterocycles. The van der Waals surface area contributed by atoms with Crippen molar-refractivity contribution in [1.82, 2.24) is 5.43 Å². The Balaban J connectivity index is 1.48. The van der Waals surface area contributed by atoms with Crippen LogP contribution in [-0.4, -0.2) is 24.0 Å². The van der Waals surface area contributed by atoms with Gasteiger partial charge in [0.05, 0.1) is 33.6 Å². The number of ether oxygens (including phenoxy) is 1. The zero-order valence-corrected chi connectivity index (χ0v) is 23.5. The molecule has 0 aromatic heterocycles. The Kier molecular flexibility index (Phi) is 9.14. The van der Waals surface area contributed by atoms with Crippen LogP contribution in [0.5, 0.6) is 5.75 Å². The average Bonchev–Trinajstić information content (AvgIpc) is 2.90. The molecular weight excluding hydrogens is 605 g/mol. The van der Waals surface area contributed by atoms with Gasteiger partial charge in [-0.15, -0.1) is 0 Å². The van der Waals surface area contributed by atoms with Gasteiger partial charge in [-0.1, -0.05) is 69.0 Å². The van der Waals surface area contributed by atoms with Crippen LogP contribution in [0.3, 0.4) is 0 Å². The predicted octanol–water partition coefficient (Wildman–Crippen LogP) is 7.30. The summed E-state index contributed by atoms with van der Waals surface area (Å²) in [7, 11) is 0. The standard InChI is InChI=1S/C29H20BrCl2N3O4/c1-17-6-8-18(9-7-17)29(38)39-26-13-10-20(30)14-19(26)16-33-35-28(37)23-4-2-3-5-25(23)34-27(36)22-12-11-21(31)15-24(22)32/h2-16H,1H3,(H,34,36)(H,35,37)/b33-16-. The first-order valence-corrected chi connectivity index (χ1v) is 13.0. The molecule has 0 atom stereocenters. The number of anilines is 1. The SMILES string of the molecule is Cc1ccc(C(=O)Oc2ccc(Br)cc2/C=N\NC(=O)c2ccccc2NC(=O)c2ccc(Cl)cc2Cl)cc1. The molecule has 0 saturated heterocycles. The Labute approximate surface area is 242 Å². The number of rotatable bonds is 7. The van der Waals surface area contributed by atoms with Crippen LogP contribution in [-0.2, 0) is 0 Å². The predicted molar refractivity (Wildman–Crippen MR) is 156 cm³/mol. The molecule has 2 N–H and O–H groups in total. The zero-order valence-electron chi connectivity index (χ0n) is 20.4. The van der Waals surface area contributed by atoms with Gasteiger partial charge >= 0.3 is 5.97 Å². The maximum absolute atomic E-state index is 12.9. The minimum absolute atomic E-state index is 0.174. The van der Waals surface area contributed by atoms with Crippen LogP contribution in [0.4, 0.5) is 5.69 Å². The van der Waals surface area contributed by atoms with Crippen LogP contribution >= 0.6 is 39.1 Å². The molecule has 0 fully saturated rings. The highest BCUT2D eigenvalue weighted by molar-refractivity contribution is 9.10. The second-order valence-corrected chi connectivity index (χ2v) is 10.0. The third-order valence-electron chi connectivity index (χ3n) is 5.43. The van der Waals surface area contributed by atoms with Crippen molar-refractivity contribution in [2.45, 2.75) is 6.92 Å². The van der Waals surface area contributed by atoms with E-state index in [-0.39, 0.29) is 27.6 Å². The van der Waals surface area contributed by atoms with Gasteiger partial charge in [0.15, 0.2) is 0 Å². The van der Waals surface area contributed by atoms with Gasteiger partial charge < -0.3 is 10.1 Å². The fourth-order valence-corrected chi connectivity index (χ4v) is 4.31. The first-order chi connectivity index (χ1) is 18.7. The minimum atomic E-state index is -0.572. The smallest absolute Gasteiger partial charge is 0.343 e. The van der Waals surface area contributed by atoms with Crippen LogP contribution in [0.15, 0.2) is 94.5 Å². The van der Waals surface area contributed by atoms with E-state index in [1.165, 1.54) is 24.4 Å².